The lowest BCUT2D eigenvalue weighted by Gasteiger charge is -2.18. The number of hydrogen-bond donors (Lipinski definition) is 3. The van der Waals surface area contributed by atoms with Gasteiger partial charge in [-0.2, -0.15) is 5.10 Å². The van der Waals surface area contributed by atoms with Crippen LogP contribution in [-0.2, 0) is 21.5 Å². The number of hydrogen-bond acceptors (Lipinski definition) is 6. The van der Waals surface area contributed by atoms with Gasteiger partial charge in [-0.05, 0) is 68.7 Å². The number of nitrogens with two attached hydrogens (primary N) is 1. The van der Waals surface area contributed by atoms with Gasteiger partial charge >= 0.3 is 0 Å². The highest BCUT2D eigenvalue weighted by molar-refractivity contribution is 5.92. The fraction of sp³-hybridized carbons (Fsp3) is 0.259. The lowest BCUT2D eigenvalue weighted by atomic mass is 10.1. The minimum atomic E-state index is -1.42. The lowest BCUT2D eigenvalue weighted by molar-refractivity contribution is -0.126. The average molecular weight is 488 g/mol. The van der Waals surface area contributed by atoms with E-state index >= 15 is 0 Å². The monoisotopic (exact) mass is 487 g/mol. The molecule has 0 saturated carbocycles. The van der Waals surface area contributed by atoms with Gasteiger partial charge in [0.2, 0.25) is 5.91 Å². The first-order valence-electron chi connectivity index (χ1n) is 11.5. The van der Waals surface area contributed by atoms with Crippen molar-refractivity contribution in [2.75, 3.05) is 5.32 Å². The Kier molecular flexibility index (Phi) is 6.76. The molecule has 0 bridgehead atoms. The van der Waals surface area contributed by atoms with Gasteiger partial charge in [-0.25, -0.2) is 0 Å². The molecule has 2 aromatic heterocycles. The number of nitrogens with one attached hydrogen (secondary N) is 1. The standard InChI is InChI=1S/C27H29N5O4/c1-16-11-17(12-24(33)31-19-14-30-32(15-19)27(2,3)4)5-8-22(16)36-23-9-10-29-21-7-6-18(13-20(21)23)25(34)26(28)35/h5-11,13-15,25,34H,12H2,1-4H3,(H2,28,35)(H,31,33). The first-order valence-corrected chi connectivity index (χ1v) is 11.5. The number of benzene rings is 2. The first kappa shape index (κ1) is 24.9. The Bertz CT molecular complexity index is 1440. The minimum absolute atomic E-state index is 0.141. The van der Waals surface area contributed by atoms with Crippen molar-refractivity contribution in [2.24, 2.45) is 5.73 Å². The lowest BCUT2D eigenvalue weighted by Crippen LogP contribution is -2.22. The minimum Gasteiger partial charge on any atom is -0.456 e. The number of aromatic nitrogens is 3. The molecule has 4 N–H and O–H groups in total. The molecule has 0 aliphatic carbocycles. The maximum absolute atomic E-state index is 12.6. The number of primary amides is 1. The van der Waals surface area contributed by atoms with Gasteiger partial charge in [0.25, 0.3) is 5.91 Å². The van der Waals surface area contributed by atoms with Crippen molar-refractivity contribution >= 4 is 28.4 Å². The maximum atomic E-state index is 12.6. The van der Waals surface area contributed by atoms with E-state index in [2.05, 4.69) is 15.4 Å². The van der Waals surface area contributed by atoms with Crippen LogP contribution in [-0.4, -0.2) is 31.7 Å². The zero-order valence-electron chi connectivity index (χ0n) is 20.6. The third-order valence-corrected chi connectivity index (χ3v) is 5.69. The Morgan fingerprint density at radius 3 is 2.58 bits per heavy atom. The molecule has 0 radical (unpaired) electrons. The number of ether oxygens (including phenoxy) is 1. The van der Waals surface area contributed by atoms with Crippen LogP contribution in [0.15, 0.2) is 61.1 Å². The van der Waals surface area contributed by atoms with Crippen LogP contribution in [0.25, 0.3) is 10.9 Å². The normalized spacial score (nSPS) is 12.4. The highest BCUT2D eigenvalue weighted by Crippen LogP contribution is 2.32. The van der Waals surface area contributed by atoms with Crippen LogP contribution in [0.3, 0.4) is 0 Å². The molecule has 1 unspecified atom stereocenters. The number of nitrogens with zero attached hydrogens (tertiary/aromatic N) is 3. The summed E-state index contributed by atoms with van der Waals surface area (Å²) in [6.45, 7) is 8.01. The number of carbonyl (C=O) groups is 2. The zero-order valence-corrected chi connectivity index (χ0v) is 20.6. The van der Waals surface area contributed by atoms with E-state index in [1.54, 1.807) is 41.3 Å². The molecular weight excluding hydrogens is 458 g/mol. The Morgan fingerprint density at radius 1 is 1.14 bits per heavy atom. The number of amides is 2. The fourth-order valence-electron chi connectivity index (χ4n) is 3.76. The van der Waals surface area contributed by atoms with Crippen LogP contribution in [0.5, 0.6) is 11.5 Å². The highest BCUT2D eigenvalue weighted by Gasteiger charge is 2.17. The van der Waals surface area contributed by atoms with E-state index < -0.39 is 12.0 Å². The molecule has 4 aromatic rings. The van der Waals surface area contributed by atoms with Gasteiger partial charge in [0, 0.05) is 17.8 Å². The van der Waals surface area contributed by atoms with Gasteiger partial charge in [-0.3, -0.25) is 19.3 Å². The van der Waals surface area contributed by atoms with Crippen LogP contribution in [0, 0.1) is 6.92 Å². The van der Waals surface area contributed by atoms with Gasteiger partial charge in [-0.1, -0.05) is 18.2 Å². The molecule has 9 heteroatoms. The quantitative estimate of drug-likeness (QED) is 0.361. The summed E-state index contributed by atoms with van der Waals surface area (Å²) in [6, 6.07) is 12.2. The zero-order chi connectivity index (χ0) is 26.0. The van der Waals surface area contributed by atoms with Gasteiger partial charge < -0.3 is 20.9 Å². The number of rotatable bonds is 7. The van der Waals surface area contributed by atoms with E-state index in [0.29, 0.717) is 33.7 Å². The third-order valence-electron chi connectivity index (χ3n) is 5.69. The number of fused-ring (bicyclic) bond motifs is 1. The third kappa shape index (κ3) is 5.52. The molecule has 0 aliphatic heterocycles. The van der Waals surface area contributed by atoms with Crippen molar-refractivity contribution in [1.29, 1.82) is 0 Å². The largest absolute Gasteiger partial charge is 0.456 e. The van der Waals surface area contributed by atoms with E-state index in [4.69, 9.17) is 10.5 Å². The summed E-state index contributed by atoms with van der Waals surface area (Å²) in [4.78, 5) is 28.3. The summed E-state index contributed by atoms with van der Waals surface area (Å²) in [5.41, 5.74) is 8.41. The number of carbonyl (C=O) groups excluding carboxylic acids is 2. The fourth-order valence-corrected chi connectivity index (χ4v) is 3.76. The second-order valence-corrected chi connectivity index (χ2v) is 9.66. The van der Waals surface area contributed by atoms with Gasteiger partial charge in [0.15, 0.2) is 6.10 Å². The predicted molar refractivity (Wildman–Crippen MR) is 137 cm³/mol. The molecule has 1 atom stereocenters. The van der Waals surface area contributed by atoms with Crippen molar-refractivity contribution < 1.29 is 19.4 Å². The molecular formula is C27H29N5O4. The van der Waals surface area contributed by atoms with Crippen LogP contribution in [0.1, 0.15) is 43.6 Å². The summed E-state index contributed by atoms with van der Waals surface area (Å²) in [5, 5.41) is 17.9. The van der Waals surface area contributed by atoms with Crippen LogP contribution >= 0.6 is 0 Å². The van der Waals surface area contributed by atoms with Crippen LogP contribution in [0.4, 0.5) is 5.69 Å². The number of anilines is 1. The van der Waals surface area contributed by atoms with Crippen molar-refractivity contribution in [1.82, 2.24) is 14.8 Å². The van der Waals surface area contributed by atoms with E-state index in [1.165, 1.54) is 0 Å². The van der Waals surface area contributed by atoms with Crippen LogP contribution < -0.4 is 15.8 Å². The molecule has 2 amide bonds. The summed E-state index contributed by atoms with van der Waals surface area (Å²) in [5.74, 6) is 0.151. The molecule has 0 saturated heterocycles. The Morgan fingerprint density at radius 2 is 1.92 bits per heavy atom. The van der Waals surface area contributed by atoms with E-state index in [9.17, 15) is 14.7 Å². The average Bonchev–Trinajstić information content (AvgIpc) is 3.29. The highest BCUT2D eigenvalue weighted by atomic mass is 16.5. The Hall–Kier alpha value is -4.24. The second kappa shape index (κ2) is 9.79. The van der Waals surface area contributed by atoms with Crippen LogP contribution in [0.2, 0.25) is 0 Å². The smallest absolute Gasteiger partial charge is 0.250 e. The first-order chi connectivity index (χ1) is 17.0. The molecule has 2 heterocycles. The van der Waals surface area contributed by atoms with Gasteiger partial charge in [0.1, 0.15) is 11.5 Å². The van der Waals surface area contributed by atoms with Crippen molar-refractivity contribution in [2.45, 2.75) is 45.8 Å². The maximum Gasteiger partial charge on any atom is 0.250 e. The van der Waals surface area contributed by atoms with Crippen molar-refractivity contribution in [3.63, 3.8) is 0 Å². The molecule has 9 nitrogen and oxygen atoms in total. The van der Waals surface area contributed by atoms with Gasteiger partial charge in [0.05, 0.1) is 29.4 Å². The molecule has 0 fully saturated rings. The summed E-state index contributed by atoms with van der Waals surface area (Å²) in [7, 11) is 0. The Labute approximate surface area is 208 Å². The second-order valence-electron chi connectivity index (χ2n) is 9.66. The van der Waals surface area contributed by atoms with E-state index in [1.807, 2.05) is 52.1 Å². The van der Waals surface area contributed by atoms with Crippen molar-refractivity contribution in [3.8, 4) is 11.5 Å². The topological polar surface area (TPSA) is 132 Å². The number of pyridine rings is 1. The Balaban J connectivity index is 1.49. The number of aryl methyl sites for hydroxylation is 1. The molecule has 4 rings (SSSR count). The number of aliphatic hydroxyl groups is 1. The van der Waals surface area contributed by atoms with E-state index in [-0.39, 0.29) is 17.9 Å². The summed E-state index contributed by atoms with van der Waals surface area (Å²) in [6.07, 6.45) is 3.86. The predicted octanol–water partition coefficient (Wildman–Crippen LogP) is 3.99. The van der Waals surface area contributed by atoms with E-state index in [0.717, 1.165) is 11.1 Å². The molecule has 0 aliphatic rings. The van der Waals surface area contributed by atoms with Crippen molar-refractivity contribution in [3.05, 3.63) is 77.7 Å². The molecule has 0 spiro atoms. The number of aliphatic hydroxyl groups excluding tert-OH is 1. The summed E-state index contributed by atoms with van der Waals surface area (Å²) >= 11 is 0. The summed E-state index contributed by atoms with van der Waals surface area (Å²) < 4.78 is 7.96. The molecule has 186 valence electrons. The SMILES string of the molecule is Cc1cc(CC(=O)Nc2cnn(C(C)(C)C)c2)ccc1Oc1ccnc2ccc(C(O)C(N)=O)cc12. The van der Waals surface area contributed by atoms with Gasteiger partial charge in [-0.15, -0.1) is 0 Å². The molecule has 2 aromatic carbocycles. The molecule has 36 heavy (non-hydrogen) atoms.